The zero-order valence-corrected chi connectivity index (χ0v) is 20.7. The maximum absolute atomic E-state index is 12.6. The van der Waals surface area contributed by atoms with Gasteiger partial charge in [0.25, 0.3) is 11.8 Å². The molecule has 3 aromatic rings. The SMILES string of the molecule is CCCOc1ccc(C(=O)NC(=S)Nc2cccc(C(=O)Nc3cccc(C)c3)c2)cc1Br. The third kappa shape index (κ3) is 7.13. The lowest BCUT2D eigenvalue weighted by molar-refractivity contribution is 0.0976. The Hall–Kier alpha value is -3.23. The van der Waals surface area contributed by atoms with Crippen LogP contribution in [0.25, 0.3) is 0 Å². The van der Waals surface area contributed by atoms with Crippen molar-refractivity contribution in [3.63, 3.8) is 0 Å². The lowest BCUT2D eigenvalue weighted by atomic mass is 10.1. The highest BCUT2D eigenvalue weighted by Crippen LogP contribution is 2.26. The Morgan fingerprint density at radius 1 is 0.909 bits per heavy atom. The quantitative estimate of drug-likeness (QED) is 0.333. The third-order valence-corrected chi connectivity index (χ3v) is 5.37. The van der Waals surface area contributed by atoms with Gasteiger partial charge in [-0.15, -0.1) is 0 Å². The predicted octanol–water partition coefficient (Wildman–Crippen LogP) is 5.93. The van der Waals surface area contributed by atoms with E-state index in [1.165, 1.54) is 0 Å². The van der Waals surface area contributed by atoms with Crippen LogP contribution in [0.4, 0.5) is 11.4 Å². The molecule has 0 heterocycles. The van der Waals surface area contributed by atoms with Crippen molar-refractivity contribution in [2.75, 3.05) is 17.2 Å². The first kappa shape index (κ1) is 24.4. The summed E-state index contributed by atoms with van der Waals surface area (Å²) in [5.74, 6) is 0.0767. The number of carbonyl (C=O) groups excluding carboxylic acids is 2. The maximum atomic E-state index is 12.6. The minimum Gasteiger partial charge on any atom is -0.492 e. The predicted molar refractivity (Wildman–Crippen MR) is 139 cm³/mol. The molecule has 0 unspecified atom stereocenters. The number of nitrogens with one attached hydrogen (secondary N) is 3. The first-order chi connectivity index (χ1) is 15.9. The first-order valence-corrected chi connectivity index (χ1v) is 11.6. The van der Waals surface area contributed by atoms with Crippen molar-refractivity contribution >= 4 is 56.4 Å². The summed E-state index contributed by atoms with van der Waals surface area (Å²) >= 11 is 8.70. The standard InChI is InChI=1S/C25H24BrN3O3S/c1-3-12-32-22-11-10-18(15-21(22)26)24(31)29-25(33)28-20-9-5-7-17(14-20)23(30)27-19-8-4-6-16(2)13-19/h4-11,13-15H,3,12H2,1-2H3,(H,27,30)(H2,28,29,31,33). The molecule has 3 N–H and O–H groups in total. The molecule has 0 radical (unpaired) electrons. The molecule has 3 aromatic carbocycles. The van der Waals surface area contributed by atoms with Gasteiger partial charge in [-0.1, -0.05) is 25.1 Å². The van der Waals surface area contributed by atoms with E-state index in [0.29, 0.717) is 33.6 Å². The Balaban J connectivity index is 1.60. The lowest BCUT2D eigenvalue weighted by Crippen LogP contribution is -2.34. The monoisotopic (exact) mass is 525 g/mol. The molecule has 0 aliphatic carbocycles. The molecule has 0 atom stereocenters. The van der Waals surface area contributed by atoms with Gasteiger partial charge in [-0.25, -0.2) is 0 Å². The zero-order valence-electron chi connectivity index (χ0n) is 18.3. The molecular weight excluding hydrogens is 502 g/mol. The van der Waals surface area contributed by atoms with E-state index in [4.69, 9.17) is 17.0 Å². The van der Waals surface area contributed by atoms with Gasteiger partial charge in [0.05, 0.1) is 11.1 Å². The molecule has 170 valence electrons. The van der Waals surface area contributed by atoms with Gasteiger partial charge in [-0.2, -0.15) is 0 Å². The van der Waals surface area contributed by atoms with Crippen molar-refractivity contribution in [2.24, 2.45) is 0 Å². The van der Waals surface area contributed by atoms with Crippen molar-refractivity contribution < 1.29 is 14.3 Å². The van der Waals surface area contributed by atoms with Crippen LogP contribution in [-0.4, -0.2) is 23.5 Å². The second kappa shape index (κ2) is 11.6. The number of halogens is 1. The van der Waals surface area contributed by atoms with Crippen LogP contribution in [0.2, 0.25) is 0 Å². The van der Waals surface area contributed by atoms with Gasteiger partial charge in [0, 0.05) is 22.5 Å². The summed E-state index contributed by atoms with van der Waals surface area (Å²) in [6.07, 6.45) is 0.892. The molecule has 33 heavy (non-hydrogen) atoms. The van der Waals surface area contributed by atoms with Crippen LogP contribution in [0.1, 0.15) is 39.6 Å². The lowest BCUT2D eigenvalue weighted by Gasteiger charge is -2.12. The van der Waals surface area contributed by atoms with Crippen LogP contribution in [0.15, 0.2) is 71.2 Å². The van der Waals surface area contributed by atoms with E-state index in [9.17, 15) is 9.59 Å². The highest BCUT2D eigenvalue weighted by atomic mass is 79.9. The van der Waals surface area contributed by atoms with Gasteiger partial charge in [0.15, 0.2) is 5.11 Å². The summed E-state index contributed by atoms with van der Waals surface area (Å²) in [4.78, 5) is 25.2. The van der Waals surface area contributed by atoms with E-state index in [2.05, 4.69) is 31.9 Å². The summed E-state index contributed by atoms with van der Waals surface area (Å²) in [6.45, 7) is 4.58. The van der Waals surface area contributed by atoms with Gasteiger partial charge in [0.1, 0.15) is 5.75 Å². The fourth-order valence-electron chi connectivity index (χ4n) is 2.97. The molecular formula is C25H24BrN3O3S. The third-order valence-electron chi connectivity index (χ3n) is 4.54. The minimum atomic E-state index is -0.358. The minimum absolute atomic E-state index is 0.124. The number of amides is 2. The average Bonchev–Trinajstić information content (AvgIpc) is 2.78. The van der Waals surface area contributed by atoms with Gasteiger partial charge in [-0.3, -0.25) is 14.9 Å². The Kier molecular flexibility index (Phi) is 8.57. The van der Waals surface area contributed by atoms with Crippen molar-refractivity contribution in [1.82, 2.24) is 5.32 Å². The molecule has 0 saturated heterocycles. The molecule has 0 saturated carbocycles. The summed E-state index contributed by atoms with van der Waals surface area (Å²) in [5, 5.41) is 8.59. The molecule has 0 bridgehead atoms. The number of thiocarbonyl (C=S) groups is 1. The topological polar surface area (TPSA) is 79.5 Å². The summed E-state index contributed by atoms with van der Waals surface area (Å²) in [5.41, 5.74) is 3.25. The molecule has 2 amide bonds. The maximum Gasteiger partial charge on any atom is 0.257 e. The number of aryl methyl sites for hydroxylation is 1. The Bertz CT molecular complexity index is 1180. The van der Waals surface area contributed by atoms with Gasteiger partial charge in [0.2, 0.25) is 0 Å². The summed E-state index contributed by atoms with van der Waals surface area (Å²) in [7, 11) is 0. The van der Waals surface area contributed by atoms with Crippen molar-refractivity contribution in [3.05, 3.63) is 87.9 Å². The molecule has 6 nitrogen and oxygen atoms in total. The highest BCUT2D eigenvalue weighted by Gasteiger charge is 2.12. The van der Waals surface area contributed by atoms with E-state index in [1.807, 2.05) is 38.1 Å². The van der Waals surface area contributed by atoms with Gasteiger partial charge in [-0.05, 0) is 95.6 Å². The number of anilines is 2. The normalized spacial score (nSPS) is 10.3. The van der Waals surface area contributed by atoms with Crippen molar-refractivity contribution in [3.8, 4) is 5.75 Å². The van der Waals surface area contributed by atoms with E-state index >= 15 is 0 Å². The average molecular weight is 526 g/mol. The fourth-order valence-corrected chi connectivity index (χ4v) is 3.68. The number of carbonyl (C=O) groups is 2. The van der Waals surface area contributed by atoms with E-state index in [1.54, 1.807) is 42.5 Å². The number of hydrogen-bond acceptors (Lipinski definition) is 4. The van der Waals surface area contributed by atoms with E-state index in [0.717, 1.165) is 17.7 Å². The number of benzene rings is 3. The molecule has 0 fully saturated rings. The molecule has 0 aromatic heterocycles. The summed E-state index contributed by atoms with van der Waals surface area (Å²) < 4.78 is 6.29. The molecule has 3 rings (SSSR count). The number of rotatable bonds is 7. The van der Waals surface area contributed by atoms with Crippen LogP contribution in [0.5, 0.6) is 5.75 Å². The second-order valence-corrected chi connectivity index (χ2v) is 8.57. The van der Waals surface area contributed by atoms with Crippen LogP contribution in [0.3, 0.4) is 0 Å². The summed E-state index contributed by atoms with van der Waals surface area (Å²) in [6, 6.07) is 19.5. The fraction of sp³-hybridized carbons (Fsp3) is 0.160. The van der Waals surface area contributed by atoms with Gasteiger partial charge < -0.3 is 15.4 Å². The van der Waals surface area contributed by atoms with Crippen LogP contribution in [0, 0.1) is 6.92 Å². The molecule has 0 aliphatic heterocycles. The number of ether oxygens (including phenoxy) is 1. The smallest absolute Gasteiger partial charge is 0.257 e. The molecule has 0 aliphatic rings. The largest absolute Gasteiger partial charge is 0.492 e. The van der Waals surface area contributed by atoms with Gasteiger partial charge >= 0.3 is 0 Å². The highest BCUT2D eigenvalue weighted by molar-refractivity contribution is 9.10. The Morgan fingerprint density at radius 3 is 2.30 bits per heavy atom. The zero-order chi connectivity index (χ0) is 23.8. The van der Waals surface area contributed by atoms with Crippen molar-refractivity contribution in [2.45, 2.75) is 20.3 Å². The second-order valence-electron chi connectivity index (χ2n) is 7.31. The Labute approximate surface area is 206 Å². The molecule has 0 spiro atoms. The van der Waals surface area contributed by atoms with Crippen LogP contribution < -0.4 is 20.7 Å². The first-order valence-electron chi connectivity index (χ1n) is 10.4. The van der Waals surface area contributed by atoms with Crippen molar-refractivity contribution in [1.29, 1.82) is 0 Å². The Morgan fingerprint density at radius 2 is 1.61 bits per heavy atom. The van der Waals surface area contributed by atoms with E-state index < -0.39 is 0 Å². The van der Waals surface area contributed by atoms with Crippen LogP contribution >= 0.6 is 28.1 Å². The number of hydrogen-bond donors (Lipinski definition) is 3. The molecule has 8 heteroatoms. The van der Waals surface area contributed by atoms with E-state index in [-0.39, 0.29) is 16.9 Å². The van der Waals surface area contributed by atoms with Crippen LogP contribution in [-0.2, 0) is 0 Å².